The van der Waals surface area contributed by atoms with Crippen molar-refractivity contribution in [3.05, 3.63) is 82.0 Å². The fraction of sp³-hybridized carbons (Fsp3) is 0.100. The van der Waals surface area contributed by atoms with Crippen molar-refractivity contribution < 1.29 is 18.0 Å². The minimum absolute atomic E-state index is 0.0635. The van der Waals surface area contributed by atoms with Crippen molar-refractivity contribution in [2.45, 2.75) is 12.7 Å². The molecule has 1 N–H and O–H groups in total. The number of aromatic nitrogens is 4. The molecule has 158 valence electrons. The topological polar surface area (TPSA) is 81.8 Å². The van der Waals surface area contributed by atoms with Crippen LogP contribution in [0.25, 0.3) is 16.7 Å². The summed E-state index contributed by atoms with van der Waals surface area (Å²) in [6.07, 6.45) is -2.07. The van der Waals surface area contributed by atoms with Crippen molar-refractivity contribution in [3.63, 3.8) is 0 Å². The number of hydrogen-bond donors (Lipinski definition) is 1. The number of rotatable bonds is 4. The van der Waals surface area contributed by atoms with E-state index in [1.54, 1.807) is 12.1 Å². The summed E-state index contributed by atoms with van der Waals surface area (Å²) in [5.41, 5.74) is -0.661. The molecule has 0 radical (unpaired) electrons. The van der Waals surface area contributed by atoms with Gasteiger partial charge in [0.25, 0.3) is 5.56 Å². The van der Waals surface area contributed by atoms with Crippen molar-refractivity contribution >= 4 is 34.2 Å². The molecule has 0 fully saturated rings. The van der Waals surface area contributed by atoms with Gasteiger partial charge >= 0.3 is 6.18 Å². The number of fused-ring (bicyclic) bond motifs is 1. The van der Waals surface area contributed by atoms with E-state index in [9.17, 15) is 22.8 Å². The Morgan fingerprint density at radius 2 is 1.87 bits per heavy atom. The zero-order valence-electron chi connectivity index (χ0n) is 15.6. The number of halogens is 4. The van der Waals surface area contributed by atoms with Gasteiger partial charge in [0.2, 0.25) is 5.91 Å². The number of anilines is 1. The number of para-hydroxylation sites is 1. The number of amides is 1. The van der Waals surface area contributed by atoms with Crippen LogP contribution in [0, 0.1) is 0 Å². The maximum absolute atomic E-state index is 12.9. The molecule has 7 nitrogen and oxygen atoms in total. The predicted molar refractivity (Wildman–Crippen MR) is 108 cm³/mol. The first-order valence-corrected chi connectivity index (χ1v) is 9.27. The van der Waals surface area contributed by atoms with Gasteiger partial charge in [-0.1, -0.05) is 29.8 Å². The summed E-state index contributed by atoms with van der Waals surface area (Å²) in [5, 5.41) is 6.60. The SMILES string of the molecule is O=C(Cn1cnc2c(cnn2-c2ccccc2)c1=O)Nc1cc(C(F)(F)F)ccc1Cl. The number of carbonyl (C=O) groups excluding carboxylic acids is 1. The van der Waals surface area contributed by atoms with Gasteiger partial charge in [0, 0.05) is 0 Å². The number of carbonyl (C=O) groups is 1. The highest BCUT2D eigenvalue weighted by Crippen LogP contribution is 2.33. The van der Waals surface area contributed by atoms with Crippen molar-refractivity contribution in [1.29, 1.82) is 0 Å². The summed E-state index contributed by atoms with van der Waals surface area (Å²) < 4.78 is 41.2. The maximum atomic E-state index is 12.9. The van der Waals surface area contributed by atoms with E-state index in [0.717, 1.165) is 22.8 Å². The Hall–Kier alpha value is -3.66. The molecule has 4 rings (SSSR count). The second kappa shape index (κ2) is 7.88. The van der Waals surface area contributed by atoms with E-state index in [4.69, 9.17) is 11.6 Å². The van der Waals surface area contributed by atoms with Gasteiger partial charge in [-0.25, -0.2) is 9.67 Å². The summed E-state index contributed by atoms with van der Waals surface area (Å²) in [7, 11) is 0. The van der Waals surface area contributed by atoms with Crippen molar-refractivity contribution in [3.8, 4) is 5.69 Å². The lowest BCUT2D eigenvalue weighted by molar-refractivity contribution is -0.137. The molecule has 0 saturated carbocycles. The van der Waals surface area contributed by atoms with Crippen molar-refractivity contribution in [2.75, 3.05) is 5.32 Å². The highest BCUT2D eigenvalue weighted by Gasteiger charge is 2.31. The number of nitrogens with zero attached hydrogens (tertiary/aromatic N) is 4. The third kappa shape index (κ3) is 4.15. The minimum atomic E-state index is -4.59. The average molecular weight is 448 g/mol. The molecule has 0 atom stereocenters. The van der Waals surface area contributed by atoms with Crippen LogP contribution in [0.3, 0.4) is 0 Å². The standard InChI is InChI=1S/C20H13ClF3N5O2/c21-15-7-6-12(20(22,23)24)8-16(15)27-17(30)10-28-11-25-18-14(19(28)31)9-26-29(18)13-4-2-1-3-5-13/h1-9,11H,10H2,(H,27,30). The molecule has 0 bridgehead atoms. The molecule has 31 heavy (non-hydrogen) atoms. The first kappa shape index (κ1) is 20.6. The Balaban J connectivity index is 1.59. The van der Waals surface area contributed by atoms with Gasteiger partial charge in [-0.05, 0) is 30.3 Å². The molecule has 0 spiro atoms. The van der Waals surface area contributed by atoms with E-state index in [1.807, 2.05) is 18.2 Å². The molecule has 0 aliphatic rings. The van der Waals surface area contributed by atoms with Gasteiger partial charge in [0.1, 0.15) is 18.3 Å². The van der Waals surface area contributed by atoms with Gasteiger partial charge < -0.3 is 5.32 Å². The van der Waals surface area contributed by atoms with Crippen LogP contribution in [-0.2, 0) is 17.5 Å². The summed E-state index contributed by atoms with van der Waals surface area (Å²) in [4.78, 5) is 29.3. The average Bonchev–Trinajstić information content (AvgIpc) is 3.16. The Morgan fingerprint density at radius 3 is 2.58 bits per heavy atom. The molecule has 0 aliphatic heterocycles. The molecule has 2 aromatic heterocycles. The molecule has 11 heteroatoms. The number of alkyl halides is 3. The molecule has 0 aliphatic carbocycles. The van der Waals surface area contributed by atoms with Crippen LogP contribution in [-0.4, -0.2) is 25.2 Å². The molecule has 4 aromatic rings. The van der Waals surface area contributed by atoms with E-state index in [-0.39, 0.29) is 16.1 Å². The fourth-order valence-electron chi connectivity index (χ4n) is 2.96. The van der Waals surface area contributed by atoms with Crippen LogP contribution in [0.4, 0.5) is 18.9 Å². The quantitative estimate of drug-likeness (QED) is 0.514. The molecule has 2 heterocycles. The maximum Gasteiger partial charge on any atom is 0.416 e. The Bertz CT molecular complexity index is 1330. The number of nitrogens with one attached hydrogen (secondary N) is 1. The van der Waals surface area contributed by atoms with Crippen LogP contribution in [0.5, 0.6) is 0 Å². The van der Waals surface area contributed by atoms with E-state index in [2.05, 4.69) is 15.4 Å². The van der Waals surface area contributed by atoms with E-state index >= 15 is 0 Å². The van der Waals surface area contributed by atoms with E-state index in [0.29, 0.717) is 11.3 Å². The molecule has 0 saturated heterocycles. The van der Waals surface area contributed by atoms with Gasteiger partial charge in [-0.3, -0.25) is 14.2 Å². The summed E-state index contributed by atoms with van der Waals surface area (Å²) in [6, 6.07) is 11.6. The lowest BCUT2D eigenvalue weighted by Gasteiger charge is -2.12. The second-order valence-corrected chi connectivity index (χ2v) is 6.95. The van der Waals surface area contributed by atoms with Gasteiger partial charge in [0.05, 0.1) is 28.2 Å². The first-order chi connectivity index (χ1) is 14.7. The lowest BCUT2D eigenvalue weighted by atomic mass is 10.2. The smallest absolute Gasteiger partial charge is 0.323 e. The van der Waals surface area contributed by atoms with Crippen molar-refractivity contribution in [2.24, 2.45) is 0 Å². The molecule has 0 unspecified atom stereocenters. The Kier molecular flexibility index (Phi) is 5.24. The van der Waals surface area contributed by atoms with Crippen LogP contribution in [0.2, 0.25) is 5.02 Å². The third-order valence-corrected chi connectivity index (χ3v) is 4.77. The van der Waals surface area contributed by atoms with Crippen LogP contribution >= 0.6 is 11.6 Å². The van der Waals surface area contributed by atoms with Gasteiger partial charge in [-0.2, -0.15) is 18.3 Å². The monoisotopic (exact) mass is 447 g/mol. The molecule has 2 aromatic carbocycles. The fourth-order valence-corrected chi connectivity index (χ4v) is 3.13. The van der Waals surface area contributed by atoms with E-state index < -0.39 is 29.8 Å². The Labute approximate surface area is 177 Å². The molecular formula is C20H13ClF3N5O2. The minimum Gasteiger partial charge on any atom is -0.323 e. The van der Waals surface area contributed by atoms with Crippen LogP contribution < -0.4 is 10.9 Å². The molecule has 1 amide bonds. The Morgan fingerprint density at radius 1 is 1.13 bits per heavy atom. The van der Waals surface area contributed by atoms with Gasteiger partial charge in [0.15, 0.2) is 5.65 Å². The first-order valence-electron chi connectivity index (χ1n) is 8.89. The zero-order chi connectivity index (χ0) is 22.2. The van der Waals surface area contributed by atoms with Crippen LogP contribution in [0.1, 0.15) is 5.56 Å². The summed E-state index contributed by atoms with van der Waals surface area (Å²) in [5.74, 6) is -0.736. The number of hydrogen-bond acceptors (Lipinski definition) is 4. The zero-order valence-corrected chi connectivity index (χ0v) is 16.4. The highest BCUT2D eigenvalue weighted by molar-refractivity contribution is 6.33. The highest BCUT2D eigenvalue weighted by atomic mass is 35.5. The summed E-state index contributed by atoms with van der Waals surface area (Å²) in [6.45, 7) is -0.467. The normalized spacial score (nSPS) is 11.6. The van der Waals surface area contributed by atoms with Crippen molar-refractivity contribution in [1.82, 2.24) is 19.3 Å². The number of benzene rings is 2. The third-order valence-electron chi connectivity index (χ3n) is 4.44. The predicted octanol–water partition coefficient (Wildman–Crippen LogP) is 3.89. The van der Waals surface area contributed by atoms with Crippen LogP contribution in [0.15, 0.2) is 65.8 Å². The second-order valence-electron chi connectivity index (χ2n) is 6.55. The van der Waals surface area contributed by atoms with E-state index in [1.165, 1.54) is 17.2 Å². The lowest BCUT2D eigenvalue weighted by Crippen LogP contribution is -2.28. The van der Waals surface area contributed by atoms with Gasteiger partial charge in [-0.15, -0.1) is 0 Å². The molecular weight excluding hydrogens is 435 g/mol. The summed E-state index contributed by atoms with van der Waals surface area (Å²) >= 11 is 5.89. The largest absolute Gasteiger partial charge is 0.416 e.